The van der Waals surface area contributed by atoms with E-state index in [0.29, 0.717) is 17.1 Å². The van der Waals surface area contributed by atoms with Crippen LogP contribution in [0.5, 0.6) is 11.5 Å². The van der Waals surface area contributed by atoms with Crippen LogP contribution in [0.3, 0.4) is 0 Å². The zero-order chi connectivity index (χ0) is 25.5. The number of carbonyl (C=O) groups is 1. The molecule has 1 amide bonds. The van der Waals surface area contributed by atoms with E-state index in [1.54, 1.807) is 43.2 Å². The minimum atomic E-state index is -4.56. The van der Waals surface area contributed by atoms with Gasteiger partial charge >= 0.3 is 6.18 Å². The molecule has 0 saturated heterocycles. The van der Waals surface area contributed by atoms with Crippen molar-refractivity contribution in [1.29, 1.82) is 0 Å². The fourth-order valence-electron chi connectivity index (χ4n) is 4.34. The summed E-state index contributed by atoms with van der Waals surface area (Å²) < 4.78 is 55.2. The van der Waals surface area contributed by atoms with Crippen LogP contribution < -0.4 is 14.8 Å². The first-order chi connectivity index (χ1) is 16.5. The van der Waals surface area contributed by atoms with Crippen molar-refractivity contribution >= 4 is 11.7 Å². The number of nitrogens with zero attached hydrogens (tertiary/aromatic N) is 5. The standard InChI is InChI=1S/C23H27F3N6O3/c1-13-15(12-31(3)29-13)11-30(2)22(33)16-10-27-32-20(23(24,25)26)9-17(28-21(16)32)14-6-7-18(34-4)19(8-14)35-5/h6-8,10,12,17,20,28H,9,11H2,1-5H3/t17-,20+/m0/s1. The first kappa shape index (κ1) is 24.4. The summed E-state index contributed by atoms with van der Waals surface area (Å²) in [5.41, 5.74) is 2.25. The van der Waals surface area contributed by atoms with E-state index in [-0.39, 0.29) is 24.3 Å². The molecule has 2 atom stereocenters. The van der Waals surface area contributed by atoms with Crippen molar-refractivity contribution in [3.05, 3.63) is 53.0 Å². The summed E-state index contributed by atoms with van der Waals surface area (Å²) >= 11 is 0. The Labute approximate surface area is 200 Å². The predicted molar refractivity (Wildman–Crippen MR) is 122 cm³/mol. The van der Waals surface area contributed by atoms with E-state index in [0.717, 1.165) is 15.9 Å². The van der Waals surface area contributed by atoms with Crippen molar-refractivity contribution in [2.24, 2.45) is 7.05 Å². The number of carbonyl (C=O) groups excluding carboxylic acids is 1. The number of halogens is 3. The molecule has 0 unspecified atom stereocenters. The highest BCUT2D eigenvalue weighted by Gasteiger charge is 2.47. The van der Waals surface area contributed by atoms with Crippen LogP contribution in [0.4, 0.5) is 19.0 Å². The second kappa shape index (κ2) is 9.16. The first-order valence-corrected chi connectivity index (χ1v) is 10.9. The van der Waals surface area contributed by atoms with Crippen molar-refractivity contribution in [2.75, 3.05) is 26.6 Å². The Bertz CT molecular complexity index is 1240. The molecule has 0 radical (unpaired) electrons. The molecule has 3 heterocycles. The van der Waals surface area contributed by atoms with Crippen LogP contribution in [0.25, 0.3) is 0 Å². The fraction of sp³-hybridized carbons (Fsp3) is 0.435. The summed E-state index contributed by atoms with van der Waals surface area (Å²) in [6.07, 6.45) is -1.87. The maximum atomic E-state index is 14.0. The van der Waals surface area contributed by atoms with Crippen LogP contribution in [0.2, 0.25) is 0 Å². The molecule has 3 aromatic rings. The van der Waals surface area contributed by atoms with E-state index in [2.05, 4.69) is 15.5 Å². The summed E-state index contributed by atoms with van der Waals surface area (Å²) in [6, 6.07) is 2.32. The van der Waals surface area contributed by atoms with Crippen LogP contribution in [0.1, 0.15) is 45.7 Å². The molecule has 35 heavy (non-hydrogen) atoms. The van der Waals surface area contributed by atoms with Crippen LogP contribution in [-0.4, -0.2) is 57.8 Å². The maximum absolute atomic E-state index is 14.0. The number of anilines is 1. The Hall–Kier alpha value is -3.70. The van der Waals surface area contributed by atoms with E-state index in [1.165, 1.54) is 25.3 Å². The quantitative estimate of drug-likeness (QED) is 0.562. The molecule has 4 rings (SSSR count). The Balaban J connectivity index is 1.68. The lowest BCUT2D eigenvalue weighted by Crippen LogP contribution is -2.36. The molecule has 2 aromatic heterocycles. The second-order valence-corrected chi connectivity index (χ2v) is 8.53. The molecular formula is C23H27F3N6O3. The molecular weight excluding hydrogens is 465 g/mol. The van der Waals surface area contributed by atoms with Crippen molar-refractivity contribution in [1.82, 2.24) is 24.5 Å². The molecule has 0 fully saturated rings. The third kappa shape index (κ3) is 4.64. The van der Waals surface area contributed by atoms with Crippen LogP contribution in [0.15, 0.2) is 30.6 Å². The molecule has 0 spiro atoms. The molecule has 0 bridgehead atoms. The summed E-state index contributed by atoms with van der Waals surface area (Å²) in [6.45, 7) is 2.09. The van der Waals surface area contributed by atoms with E-state index < -0.39 is 24.2 Å². The molecule has 188 valence electrons. The number of hydrogen-bond donors (Lipinski definition) is 1. The Kier molecular flexibility index (Phi) is 6.39. The minimum Gasteiger partial charge on any atom is -0.493 e. The number of alkyl halides is 3. The van der Waals surface area contributed by atoms with Gasteiger partial charge in [-0.1, -0.05) is 6.07 Å². The maximum Gasteiger partial charge on any atom is 0.410 e. The lowest BCUT2D eigenvalue weighted by atomic mass is 9.96. The van der Waals surface area contributed by atoms with E-state index in [4.69, 9.17) is 9.47 Å². The Morgan fingerprint density at radius 1 is 1.26 bits per heavy atom. The van der Waals surface area contributed by atoms with E-state index >= 15 is 0 Å². The molecule has 1 aromatic carbocycles. The average Bonchev–Trinajstić information content (AvgIpc) is 3.38. The Morgan fingerprint density at radius 2 is 1.97 bits per heavy atom. The second-order valence-electron chi connectivity index (χ2n) is 8.53. The lowest BCUT2D eigenvalue weighted by Gasteiger charge is -2.34. The number of fused-ring (bicyclic) bond motifs is 1. The SMILES string of the molecule is COc1ccc([C@@H]2C[C@H](C(F)(F)F)n3ncc(C(=O)N(C)Cc4cn(C)nc4C)c3N2)cc1OC. The zero-order valence-electron chi connectivity index (χ0n) is 20.1. The molecule has 12 heteroatoms. The number of nitrogens with one attached hydrogen (secondary N) is 1. The van der Waals surface area contributed by atoms with Crippen molar-refractivity contribution < 1.29 is 27.4 Å². The monoisotopic (exact) mass is 492 g/mol. The highest BCUT2D eigenvalue weighted by molar-refractivity contribution is 5.98. The van der Waals surface area contributed by atoms with Gasteiger partial charge in [-0.2, -0.15) is 23.4 Å². The van der Waals surface area contributed by atoms with Gasteiger partial charge in [0.25, 0.3) is 5.91 Å². The molecule has 0 saturated carbocycles. The number of aryl methyl sites for hydroxylation is 2. The minimum absolute atomic E-state index is 0.0260. The smallest absolute Gasteiger partial charge is 0.410 e. The lowest BCUT2D eigenvalue weighted by molar-refractivity contribution is -0.173. The van der Waals surface area contributed by atoms with Gasteiger partial charge < -0.3 is 19.7 Å². The normalized spacial score (nSPS) is 17.5. The number of aromatic nitrogens is 4. The van der Waals surface area contributed by atoms with Gasteiger partial charge in [-0.3, -0.25) is 9.48 Å². The van der Waals surface area contributed by atoms with Crippen molar-refractivity contribution in [3.8, 4) is 11.5 Å². The van der Waals surface area contributed by atoms with Crippen molar-refractivity contribution in [2.45, 2.75) is 38.1 Å². The van der Waals surface area contributed by atoms with Gasteiger partial charge in [-0.05, 0) is 24.6 Å². The number of benzene rings is 1. The number of methoxy groups -OCH3 is 2. The molecule has 1 aliphatic heterocycles. The van der Waals surface area contributed by atoms with E-state index in [9.17, 15) is 18.0 Å². The predicted octanol–water partition coefficient (Wildman–Crippen LogP) is 3.87. The van der Waals surface area contributed by atoms with Gasteiger partial charge in [0.2, 0.25) is 0 Å². The largest absolute Gasteiger partial charge is 0.493 e. The number of amides is 1. The number of ether oxygens (including phenoxy) is 2. The fourth-order valence-corrected chi connectivity index (χ4v) is 4.34. The summed E-state index contributed by atoms with van der Waals surface area (Å²) in [7, 11) is 6.31. The van der Waals surface area contributed by atoms with Gasteiger partial charge in [-0.25, -0.2) is 4.68 Å². The molecule has 1 aliphatic rings. The average molecular weight is 493 g/mol. The van der Waals surface area contributed by atoms with Crippen LogP contribution in [-0.2, 0) is 13.6 Å². The highest BCUT2D eigenvalue weighted by atomic mass is 19.4. The molecule has 1 N–H and O–H groups in total. The summed E-state index contributed by atoms with van der Waals surface area (Å²) in [5, 5.41) is 11.3. The van der Waals surface area contributed by atoms with Gasteiger partial charge in [0, 0.05) is 38.8 Å². The van der Waals surface area contributed by atoms with E-state index in [1.807, 2.05) is 6.92 Å². The highest BCUT2D eigenvalue weighted by Crippen LogP contribution is 2.45. The summed E-state index contributed by atoms with van der Waals surface area (Å²) in [5.74, 6) is 0.444. The number of rotatable bonds is 6. The van der Waals surface area contributed by atoms with Gasteiger partial charge in [0.15, 0.2) is 17.5 Å². The van der Waals surface area contributed by atoms with Gasteiger partial charge in [0.1, 0.15) is 11.4 Å². The zero-order valence-corrected chi connectivity index (χ0v) is 20.1. The van der Waals surface area contributed by atoms with Gasteiger partial charge in [-0.15, -0.1) is 0 Å². The third-order valence-corrected chi connectivity index (χ3v) is 6.15. The topological polar surface area (TPSA) is 86.4 Å². The summed E-state index contributed by atoms with van der Waals surface area (Å²) in [4.78, 5) is 14.7. The van der Waals surface area contributed by atoms with Crippen molar-refractivity contribution in [3.63, 3.8) is 0 Å². The first-order valence-electron chi connectivity index (χ1n) is 10.9. The van der Waals surface area contributed by atoms with Crippen LogP contribution in [0, 0.1) is 6.92 Å². The van der Waals surface area contributed by atoms with Crippen LogP contribution >= 0.6 is 0 Å². The number of hydrogen-bond acceptors (Lipinski definition) is 6. The molecule has 0 aliphatic carbocycles. The Morgan fingerprint density at radius 3 is 2.57 bits per heavy atom. The third-order valence-electron chi connectivity index (χ3n) is 6.15. The van der Waals surface area contributed by atoms with Gasteiger partial charge in [0.05, 0.1) is 32.2 Å². The molecule has 9 nitrogen and oxygen atoms in total.